The molecule has 0 saturated carbocycles. The standard InChI is InChI=1S/C22H29N3O2S.HI/c1-3-23-22(24-13-16-28(26)19-10-5-4-6-11-19)25-14-15-27-21(17-25)20-12-8-7-9-18(20)2;/h4-12,21H,3,13-17H2,1-2H3,(H,23,24);1H. The first-order chi connectivity index (χ1) is 13.7. The number of hydrogen-bond donors (Lipinski definition) is 1. The summed E-state index contributed by atoms with van der Waals surface area (Å²) in [5, 5.41) is 3.37. The van der Waals surface area contributed by atoms with E-state index >= 15 is 0 Å². The van der Waals surface area contributed by atoms with Crippen LogP contribution in [0.1, 0.15) is 24.2 Å². The predicted molar refractivity (Wildman–Crippen MR) is 131 cm³/mol. The molecular formula is C22H30IN3O2S. The fourth-order valence-electron chi connectivity index (χ4n) is 3.33. The Morgan fingerprint density at radius 2 is 1.93 bits per heavy atom. The number of nitrogens with zero attached hydrogens (tertiary/aromatic N) is 2. The van der Waals surface area contributed by atoms with Gasteiger partial charge in [0.15, 0.2) is 5.96 Å². The van der Waals surface area contributed by atoms with Crippen molar-refractivity contribution in [1.82, 2.24) is 10.2 Å². The molecule has 2 aromatic rings. The molecule has 3 rings (SSSR count). The number of morpholine rings is 1. The number of benzene rings is 2. The summed E-state index contributed by atoms with van der Waals surface area (Å²) in [6, 6.07) is 17.9. The summed E-state index contributed by atoms with van der Waals surface area (Å²) in [6.07, 6.45) is 0.0391. The van der Waals surface area contributed by atoms with Crippen LogP contribution in [-0.2, 0) is 15.5 Å². The summed E-state index contributed by atoms with van der Waals surface area (Å²) in [5.41, 5.74) is 2.47. The minimum atomic E-state index is -1.03. The van der Waals surface area contributed by atoms with Crippen LogP contribution in [0.25, 0.3) is 0 Å². The van der Waals surface area contributed by atoms with Crippen molar-refractivity contribution in [3.05, 3.63) is 65.7 Å². The maximum absolute atomic E-state index is 12.4. The average molecular weight is 527 g/mol. The molecule has 0 bridgehead atoms. The van der Waals surface area contributed by atoms with Crippen LogP contribution >= 0.6 is 24.0 Å². The van der Waals surface area contributed by atoms with Crippen LogP contribution in [0.3, 0.4) is 0 Å². The van der Waals surface area contributed by atoms with Crippen molar-refractivity contribution >= 4 is 40.7 Å². The third-order valence-electron chi connectivity index (χ3n) is 4.78. The molecule has 0 amide bonds. The molecule has 1 fully saturated rings. The Morgan fingerprint density at radius 3 is 2.66 bits per heavy atom. The highest BCUT2D eigenvalue weighted by Crippen LogP contribution is 2.25. The first-order valence-electron chi connectivity index (χ1n) is 9.83. The SMILES string of the molecule is CCNC(=NCCS(=O)c1ccccc1)N1CCOC(c2ccccc2C)C1.I. The molecular weight excluding hydrogens is 497 g/mol. The minimum Gasteiger partial charge on any atom is -0.370 e. The van der Waals surface area contributed by atoms with E-state index in [1.807, 2.05) is 30.3 Å². The van der Waals surface area contributed by atoms with Crippen molar-refractivity contribution < 1.29 is 8.95 Å². The predicted octanol–water partition coefficient (Wildman–Crippen LogP) is 3.76. The zero-order valence-corrected chi connectivity index (χ0v) is 20.2. The molecule has 1 aliphatic rings. The summed E-state index contributed by atoms with van der Waals surface area (Å²) in [5.74, 6) is 1.39. The second kappa shape index (κ2) is 12.3. The summed E-state index contributed by atoms with van der Waals surface area (Å²) < 4.78 is 18.5. The van der Waals surface area contributed by atoms with E-state index in [0.29, 0.717) is 18.9 Å². The van der Waals surface area contributed by atoms with Crippen LogP contribution in [0.5, 0.6) is 0 Å². The molecule has 5 nitrogen and oxygen atoms in total. The number of nitrogens with one attached hydrogen (secondary N) is 1. The van der Waals surface area contributed by atoms with E-state index in [1.54, 1.807) is 0 Å². The van der Waals surface area contributed by atoms with Crippen molar-refractivity contribution in [3.8, 4) is 0 Å². The average Bonchev–Trinajstić information content (AvgIpc) is 2.74. The normalized spacial score (nSPS) is 18.1. The lowest BCUT2D eigenvalue weighted by Gasteiger charge is -2.35. The van der Waals surface area contributed by atoms with Gasteiger partial charge in [0.1, 0.15) is 6.10 Å². The Balaban J connectivity index is 0.00000300. The van der Waals surface area contributed by atoms with Gasteiger partial charge in [0, 0.05) is 23.7 Å². The Kier molecular flexibility index (Phi) is 10.1. The second-order valence-electron chi connectivity index (χ2n) is 6.76. The molecule has 1 N–H and O–H groups in total. The fourth-order valence-corrected chi connectivity index (χ4v) is 4.28. The van der Waals surface area contributed by atoms with E-state index in [9.17, 15) is 4.21 Å². The number of ether oxygens (including phenoxy) is 1. The van der Waals surface area contributed by atoms with Crippen LogP contribution in [0, 0.1) is 6.92 Å². The summed E-state index contributed by atoms with van der Waals surface area (Å²) in [4.78, 5) is 7.84. The number of aryl methyl sites for hydroxylation is 1. The van der Waals surface area contributed by atoms with E-state index in [0.717, 1.165) is 30.5 Å². The molecule has 0 aliphatic carbocycles. The zero-order valence-electron chi connectivity index (χ0n) is 17.0. The van der Waals surface area contributed by atoms with Gasteiger partial charge in [-0.2, -0.15) is 0 Å². The number of rotatable bonds is 6. The topological polar surface area (TPSA) is 53.9 Å². The second-order valence-corrected chi connectivity index (χ2v) is 8.33. The van der Waals surface area contributed by atoms with Gasteiger partial charge in [-0.25, -0.2) is 0 Å². The molecule has 158 valence electrons. The Hall–Kier alpha value is -1.45. The summed E-state index contributed by atoms with van der Waals surface area (Å²) in [6.45, 7) is 7.74. The van der Waals surface area contributed by atoms with Crippen molar-refractivity contribution in [2.45, 2.75) is 24.8 Å². The van der Waals surface area contributed by atoms with Crippen molar-refractivity contribution in [1.29, 1.82) is 0 Å². The van der Waals surface area contributed by atoms with Gasteiger partial charge >= 0.3 is 0 Å². The van der Waals surface area contributed by atoms with Gasteiger partial charge in [-0.3, -0.25) is 9.20 Å². The third kappa shape index (κ3) is 6.79. The zero-order chi connectivity index (χ0) is 19.8. The molecule has 0 spiro atoms. The molecule has 2 atom stereocenters. The van der Waals surface area contributed by atoms with Gasteiger partial charge in [-0.05, 0) is 37.1 Å². The largest absolute Gasteiger partial charge is 0.370 e. The highest BCUT2D eigenvalue weighted by atomic mass is 127. The van der Waals surface area contributed by atoms with Crippen LogP contribution in [-0.4, -0.2) is 53.6 Å². The monoisotopic (exact) mass is 527 g/mol. The molecule has 1 heterocycles. The highest BCUT2D eigenvalue weighted by molar-refractivity contribution is 14.0. The van der Waals surface area contributed by atoms with Gasteiger partial charge in [0.05, 0.1) is 30.5 Å². The first kappa shape index (κ1) is 23.8. The smallest absolute Gasteiger partial charge is 0.194 e. The quantitative estimate of drug-likeness (QED) is 0.353. The fraction of sp³-hybridized carbons (Fsp3) is 0.409. The lowest BCUT2D eigenvalue weighted by Crippen LogP contribution is -2.48. The Labute approximate surface area is 193 Å². The third-order valence-corrected chi connectivity index (χ3v) is 6.13. The first-order valence-corrected chi connectivity index (χ1v) is 11.1. The van der Waals surface area contributed by atoms with Crippen molar-refractivity contribution in [3.63, 3.8) is 0 Å². The number of aliphatic imine (C=N–C) groups is 1. The lowest BCUT2D eigenvalue weighted by molar-refractivity contribution is -0.00831. The highest BCUT2D eigenvalue weighted by Gasteiger charge is 2.25. The van der Waals surface area contributed by atoms with E-state index in [1.165, 1.54) is 11.1 Å². The maximum atomic E-state index is 12.4. The number of guanidine groups is 1. The van der Waals surface area contributed by atoms with E-state index in [-0.39, 0.29) is 30.1 Å². The number of hydrogen-bond acceptors (Lipinski definition) is 3. The van der Waals surface area contributed by atoms with Gasteiger partial charge < -0.3 is 15.0 Å². The van der Waals surface area contributed by atoms with Crippen LogP contribution in [0.15, 0.2) is 64.5 Å². The van der Waals surface area contributed by atoms with Crippen LogP contribution in [0.4, 0.5) is 0 Å². The Morgan fingerprint density at radius 1 is 1.21 bits per heavy atom. The van der Waals surface area contributed by atoms with Gasteiger partial charge in [0.25, 0.3) is 0 Å². The molecule has 2 aromatic carbocycles. The van der Waals surface area contributed by atoms with E-state index < -0.39 is 10.8 Å². The minimum absolute atomic E-state index is 0. The lowest BCUT2D eigenvalue weighted by atomic mass is 10.0. The Bertz CT molecular complexity index is 817. The molecule has 29 heavy (non-hydrogen) atoms. The van der Waals surface area contributed by atoms with E-state index in [2.05, 4.69) is 48.3 Å². The molecule has 1 saturated heterocycles. The van der Waals surface area contributed by atoms with Gasteiger partial charge in [-0.15, -0.1) is 24.0 Å². The van der Waals surface area contributed by atoms with Gasteiger partial charge in [-0.1, -0.05) is 42.5 Å². The molecule has 0 aromatic heterocycles. The maximum Gasteiger partial charge on any atom is 0.194 e. The molecule has 0 radical (unpaired) electrons. The molecule has 1 aliphatic heterocycles. The summed E-state index contributed by atoms with van der Waals surface area (Å²) >= 11 is 0. The number of halogens is 1. The molecule has 2 unspecified atom stereocenters. The van der Waals surface area contributed by atoms with Gasteiger partial charge in [0.2, 0.25) is 0 Å². The van der Waals surface area contributed by atoms with Crippen molar-refractivity contribution in [2.24, 2.45) is 4.99 Å². The van der Waals surface area contributed by atoms with E-state index in [4.69, 9.17) is 9.73 Å². The van der Waals surface area contributed by atoms with Crippen LogP contribution < -0.4 is 5.32 Å². The van der Waals surface area contributed by atoms with Crippen LogP contribution in [0.2, 0.25) is 0 Å². The molecule has 7 heteroatoms. The summed E-state index contributed by atoms with van der Waals surface area (Å²) in [7, 11) is -1.03. The van der Waals surface area contributed by atoms with Crippen molar-refractivity contribution in [2.75, 3.05) is 38.5 Å².